The number of nitrogens with one attached hydrogen (secondary N) is 1. The zero-order chi connectivity index (χ0) is 13.8. The quantitative estimate of drug-likeness (QED) is 0.704. The summed E-state index contributed by atoms with van der Waals surface area (Å²) in [6, 6.07) is 15.7. The molecule has 0 atom stereocenters. The van der Waals surface area contributed by atoms with Gasteiger partial charge in [0.25, 0.3) is 0 Å². The summed E-state index contributed by atoms with van der Waals surface area (Å²) in [5.74, 6) is 0. The number of rotatable bonds is 4. The Labute approximate surface area is 116 Å². The van der Waals surface area contributed by atoms with Crippen molar-refractivity contribution < 1.29 is 0 Å². The number of nitrogen functional groups attached to an aromatic ring is 1. The van der Waals surface area contributed by atoms with Gasteiger partial charge in [-0.2, -0.15) is 0 Å². The molecule has 0 bridgehead atoms. The van der Waals surface area contributed by atoms with Gasteiger partial charge in [0.1, 0.15) is 6.33 Å². The first-order valence-electron chi connectivity index (χ1n) is 6.23. The third-order valence-corrected chi connectivity index (χ3v) is 3.02. The van der Waals surface area contributed by atoms with Gasteiger partial charge < -0.3 is 11.1 Å². The van der Waals surface area contributed by atoms with E-state index in [0.29, 0.717) is 6.54 Å². The van der Waals surface area contributed by atoms with Gasteiger partial charge in [-0.25, -0.2) is 4.68 Å². The zero-order valence-electron chi connectivity index (χ0n) is 10.8. The van der Waals surface area contributed by atoms with Gasteiger partial charge in [-0.15, -0.1) is 5.10 Å². The van der Waals surface area contributed by atoms with Crippen LogP contribution in [-0.2, 0) is 6.54 Å². The van der Waals surface area contributed by atoms with Crippen LogP contribution in [0.25, 0.3) is 5.69 Å². The Bertz CT molecular complexity index is 675. The van der Waals surface area contributed by atoms with Gasteiger partial charge in [-0.1, -0.05) is 18.2 Å². The molecule has 3 N–H and O–H groups in total. The summed E-state index contributed by atoms with van der Waals surface area (Å²) in [5.41, 5.74) is 9.72. The minimum atomic E-state index is 0.691. The summed E-state index contributed by atoms with van der Waals surface area (Å²) in [6.45, 7) is 0.691. The summed E-state index contributed by atoms with van der Waals surface area (Å²) in [7, 11) is 0. The fraction of sp³-hybridized carbons (Fsp3) is 0.0714. The van der Waals surface area contributed by atoms with E-state index >= 15 is 0 Å². The molecule has 0 aliphatic heterocycles. The SMILES string of the molecule is Nc1ccccc1CNc1ccc(-n2cnnn2)cc1. The van der Waals surface area contributed by atoms with Crippen LogP contribution in [0.1, 0.15) is 5.56 Å². The zero-order valence-corrected chi connectivity index (χ0v) is 10.8. The van der Waals surface area contributed by atoms with Crippen molar-refractivity contribution in [3.05, 3.63) is 60.4 Å². The molecule has 0 amide bonds. The lowest BCUT2D eigenvalue weighted by atomic mass is 10.2. The van der Waals surface area contributed by atoms with Crippen molar-refractivity contribution in [1.82, 2.24) is 20.2 Å². The van der Waals surface area contributed by atoms with Gasteiger partial charge in [0, 0.05) is 17.9 Å². The molecule has 3 rings (SSSR count). The minimum absolute atomic E-state index is 0.691. The van der Waals surface area contributed by atoms with Crippen molar-refractivity contribution in [3.8, 4) is 5.69 Å². The first-order chi connectivity index (χ1) is 9.83. The van der Waals surface area contributed by atoms with Crippen molar-refractivity contribution in [3.63, 3.8) is 0 Å². The Morgan fingerprint density at radius 1 is 1.05 bits per heavy atom. The molecule has 2 aromatic carbocycles. The Kier molecular flexibility index (Phi) is 3.28. The average Bonchev–Trinajstić information content (AvgIpc) is 3.01. The molecule has 6 nitrogen and oxygen atoms in total. The van der Waals surface area contributed by atoms with E-state index in [1.165, 1.54) is 0 Å². The normalized spacial score (nSPS) is 10.4. The average molecular weight is 266 g/mol. The number of aromatic nitrogens is 4. The number of para-hydroxylation sites is 1. The van der Waals surface area contributed by atoms with Crippen molar-refractivity contribution in [2.45, 2.75) is 6.54 Å². The lowest BCUT2D eigenvalue weighted by Gasteiger charge is -2.09. The fourth-order valence-corrected chi connectivity index (χ4v) is 1.90. The summed E-state index contributed by atoms with van der Waals surface area (Å²) in [5, 5.41) is 14.4. The monoisotopic (exact) mass is 266 g/mol. The van der Waals surface area contributed by atoms with Crippen LogP contribution >= 0.6 is 0 Å². The lowest BCUT2D eigenvalue weighted by molar-refractivity contribution is 0.789. The van der Waals surface area contributed by atoms with E-state index in [4.69, 9.17) is 5.73 Å². The van der Waals surface area contributed by atoms with Crippen LogP contribution in [0.4, 0.5) is 11.4 Å². The highest BCUT2D eigenvalue weighted by Crippen LogP contribution is 2.15. The third kappa shape index (κ3) is 2.59. The molecule has 0 aliphatic carbocycles. The molecular formula is C14H14N6. The second-order valence-electron chi connectivity index (χ2n) is 4.35. The first-order valence-corrected chi connectivity index (χ1v) is 6.23. The summed E-state index contributed by atoms with van der Waals surface area (Å²) in [4.78, 5) is 0. The molecule has 100 valence electrons. The van der Waals surface area contributed by atoms with Crippen LogP contribution < -0.4 is 11.1 Å². The number of tetrazole rings is 1. The third-order valence-electron chi connectivity index (χ3n) is 3.02. The van der Waals surface area contributed by atoms with Crippen molar-refractivity contribution in [2.24, 2.45) is 0 Å². The Morgan fingerprint density at radius 2 is 1.85 bits per heavy atom. The largest absolute Gasteiger partial charge is 0.398 e. The van der Waals surface area contributed by atoms with E-state index in [1.54, 1.807) is 11.0 Å². The molecule has 0 spiro atoms. The number of hydrogen-bond donors (Lipinski definition) is 2. The molecule has 1 aromatic heterocycles. The molecule has 1 heterocycles. The smallest absolute Gasteiger partial charge is 0.143 e. The maximum absolute atomic E-state index is 5.91. The van der Waals surface area contributed by atoms with Crippen molar-refractivity contribution >= 4 is 11.4 Å². The Balaban J connectivity index is 1.68. The molecule has 0 aliphatic rings. The fourth-order valence-electron chi connectivity index (χ4n) is 1.90. The number of nitrogens with two attached hydrogens (primary N) is 1. The molecule has 20 heavy (non-hydrogen) atoms. The molecule has 0 saturated carbocycles. The highest BCUT2D eigenvalue weighted by Gasteiger charge is 2.00. The number of nitrogens with zero attached hydrogens (tertiary/aromatic N) is 4. The number of hydrogen-bond acceptors (Lipinski definition) is 5. The Hall–Kier alpha value is -2.89. The summed E-state index contributed by atoms with van der Waals surface area (Å²) >= 11 is 0. The van der Waals surface area contributed by atoms with E-state index in [0.717, 1.165) is 22.6 Å². The summed E-state index contributed by atoms with van der Waals surface area (Å²) < 4.78 is 1.61. The molecular weight excluding hydrogens is 252 g/mol. The van der Waals surface area contributed by atoms with Crippen LogP contribution in [0.3, 0.4) is 0 Å². The minimum Gasteiger partial charge on any atom is -0.398 e. The predicted molar refractivity (Wildman–Crippen MR) is 77.3 cm³/mol. The lowest BCUT2D eigenvalue weighted by Crippen LogP contribution is -2.03. The van der Waals surface area contributed by atoms with Crippen LogP contribution in [0, 0.1) is 0 Å². The molecule has 0 fully saturated rings. The molecule has 0 saturated heterocycles. The van der Waals surface area contributed by atoms with Crippen LogP contribution in [0.15, 0.2) is 54.9 Å². The maximum atomic E-state index is 5.91. The van der Waals surface area contributed by atoms with Crippen LogP contribution in [0.2, 0.25) is 0 Å². The summed E-state index contributed by atoms with van der Waals surface area (Å²) in [6.07, 6.45) is 1.56. The topological polar surface area (TPSA) is 81.6 Å². The maximum Gasteiger partial charge on any atom is 0.143 e. The second-order valence-corrected chi connectivity index (χ2v) is 4.35. The first kappa shape index (κ1) is 12.2. The second kappa shape index (κ2) is 5.40. The van der Waals surface area contributed by atoms with Gasteiger partial charge in [0.2, 0.25) is 0 Å². The van der Waals surface area contributed by atoms with Crippen LogP contribution in [-0.4, -0.2) is 20.2 Å². The van der Waals surface area contributed by atoms with E-state index in [-0.39, 0.29) is 0 Å². The van der Waals surface area contributed by atoms with E-state index in [1.807, 2.05) is 48.5 Å². The highest BCUT2D eigenvalue weighted by molar-refractivity contribution is 5.52. The van der Waals surface area contributed by atoms with Gasteiger partial charge in [-0.3, -0.25) is 0 Å². The van der Waals surface area contributed by atoms with E-state index < -0.39 is 0 Å². The standard InChI is InChI=1S/C14H14N6/c15-14-4-2-1-3-11(14)9-16-12-5-7-13(8-6-12)20-10-17-18-19-20/h1-8,10,16H,9,15H2. The molecule has 6 heteroatoms. The van der Waals surface area contributed by atoms with E-state index in [2.05, 4.69) is 20.8 Å². The number of anilines is 2. The van der Waals surface area contributed by atoms with Crippen molar-refractivity contribution in [1.29, 1.82) is 0 Å². The molecule has 3 aromatic rings. The highest BCUT2D eigenvalue weighted by atomic mass is 15.5. The number of benzene rings is 2. The van der Waals surface area contributed by atoms with Gasteiger partial charge in [-0.05, 0) is 46.3 Å². The van der Waals surface area contributed by atoms with Crippen molar-refractivity contribution in [2.75, 3.05) is 11.1 Å². The van der Waals surface area contributed by atoms with Gasteiger partial charge >= 0.3 is 0 Å². The Morgan fingerprint density at radius 3 is 2.55 bits per heavy atom. The van der Waals surface area contributed by atoms with Crippen LogP contribution in [0.5, 0.6) is 0 Å². The molecule has 0 radical (unpaired) electrons. The van der Waals surface area contributed by atoms with Gasteiger partial charge in [0.15, 0.2) is 0 Å². The molecule has 0 unspecified atom stereocenters. The predicted octanol–water partition coefficient (Wildman–Crippen LogP) is 1.86. The van der Waals surface area contributed by atoms with E-state index in [9.17, 15) is 0 Å². The van der Waals surface area contributed by atoms with Gasteiger partial charge in [0.05, 0.1) is 5.69 Å².